The lowest BCUT2D eigenvalue weighted by molar-refractivity contribution is -0.0420. The number of nitrogens with zero attached hydrogens (tertiary/aromatic N) is 1. The molecule has 4 aromatic carbocycles. The molecule has 7 nitrogen and oxygen atoms in total. The van der Waals surface area contributed by atoms with Crippen LogP contribution in [0.4, 0.5) is 0 Å². The van der Waals surface area contributed by atoms with Crippen LogP contribution in [0.25, 0.3) is 22.0 Å². The molecule has 0 fully saturated rings. The molecule has 0 aliphatic carbocycles. The number of hydrogen-bond donors (Lipinski definition) is 3. The number of carbonyl (C=O) groups excluding carboxylic acids is 1. The van der Waals surface area contributed by atoms with Crippen LogP contribution in [0, 0.1) is 13.8 Å². The molecule has 1 unspecified atom stereocenters. The fraction of sp³-hybridized carbons (Fsp3) is 0.206. The molecule has 0 spiro atoms. The Morgan fingerprint density at radius 3 is 2.21 bits per heavy atom. The van der Waals surface area contributed by atoms with Gasteiger partial charge in [-0.1, -0.05) is 60.7 Å². The number of aromatic nitrogens is 1. The van der Waals surface area contributed by atoms with Crippen LogP contribution in [0.5, 0.6) is 0 Å². The van der Waals surface area contributed by atoms with Crippen molar-refractivity contribution in [1.82, 2.24) is 9.88 Å². The number of nitrogens with one attached hydrogen (secondary N) is 1. The van der Waals surface area contributed by atoms with Gasteiger partial charge in [0.05, 0.1) is 10.9 Å². The smallest absolute Gasteiger partial charge is 0.251 e. The molecular formula is C34H34N2O5S. The number of amides is 1. The van der Waals surface area contributed by atoms with Gasteiger partial charge in [-0.25, -0.2) is 8.42 Å². The number of aryl methyl sites for hydroxylation is 1. The molecule has 216 valence electrons. The van der Waals surface area contributed by atoms with Crippen molar-refractivity contribution in [2.75, 3.05) is 6.26 Å². The van der Waals surface area contributed by atoms with Gasteiger partial charge in [0.2, 0.25) is 0 Å². The van der Waals surface area contributed by atoms with Crippen LogP contribution in [0.3, 0.4) is 0 Å². The molecule has 0 aliphatic rings. The second-order valence-electron chi connectivity index (χ2n) is 10.7. The summed E-state index contributed by atoms with van der Waals surface area (Å²) in [4.78, 5) is 13.4. The fourth-order valence-electron chi connectivity index (χ4n) is 5.32. The minimum absolute atomic E-state index is 0.203. The summed E-state index contributed by atoms with van der Waals surface area (Å²) in [6, 6.07) is 27.3. The maximum absolute atomic E-state index is 13.2. The Kier molecular flexibility index (Phi) is 8.06. The van der Waals surface area contributed by atoms with Crippen molar-refractivity contribution in [2.24, 2.45) is 0 Å². The molecule has 1 aromatic heterocycles. The summed E-state index contributed by atoms with van der Waals surface area (Å²) < 4.78 is 25.7. The van der Waals surface area contributed by atoms with Crippen LogP contribution in [0.15, 0.2) is 95.9 Å². The van der Waals surface area contributed by atoms with Gasteiger partial charge in [-0.15, -0.1) is 0 Å². The van der Waals surface area contributed by atoms with E-state index in [1.54, 1.807) is 36.4 Å². The third-order valence-electron chi connectivity index (χ3n) is 7.90. The zero-order chi connectivity index (χ0) is 30.2. The zero-order valence-electron chi connectivity index (χ0n) is 24.0. The van der Waals surface area contributed by atoms with E-state index in [0.29, 0.717) is 17.7 Å². The average molecular weight is 583 g/mol. The van der Waals surface area contributed by atoms with Gasteiger partial charge < -0.3 is 20.1 Å². The Morgan fingerprint density at radius 2 is 1.57 bits per heavy atom. The molecule has 42 heavy (non-hydrogen) atoms. The van der Waals surface area contributed by atoms with Gasteiger partial charge in [-0.2, -0.15) is 0 Å². The van der Waals surface area contributed by atoms with E-state index >= 15 is 0 Å². The van der Waals surface area contributed by atoms with Crippen molar-refractivity contribution >= 4 is 26.6 Å². The average Bonchev–Trinajstić information content (AvgIpc) is 3.21. The summed E-state index contributed by atoms with van der Waals surface area (Å²) >= 11 is 0. The molecule has 0 saturated heterocycles. The molecule has 8 heteroatoms. The molecular weight excluding hydrogens is 548 g/mol. The summed E-state index contributed by atoms with van der Waals surface area (Å²) in [5.41, 5.74) is 7.86. The first-order chi connectivity index (χ1) is 19.9. The largest absolute Gasteiger partial charge is 0.364 e. The molecule has 0 saturated carbocycles. The number of sulfone groups is 1. The second-order valence-corrected chi connectivity index (χ2v) is 12.7. The number of benzene rings is 4. The van der Waals surface area contributed by atoms with E-state index in [1.807, 2.05) is 61.5 Å². The lowest BCUT2D eigenvalue weighted by Gasteiger charge is -2.15. The van der Waals surface area contributed by atoms with Gasteiger partial charge >= 0.3 is 0 Å². The normalized spacial score (nSPS) is 12.5. The Bertz CT molecular complexity index is 1870. The van der Waals surface area contributed by atoms with Crippen molar-refractivity contribution in [3.63, 3.8) is 0 Å². The van der Waals surface area contributed by atoms with E-state index in [2.05, 4.69) is 23.7 Å². The number of aliphatic hydroxyl groups excluding tert-OH is 1. The monoisotopic (exact) mass is 582 g/mol. The number of carbonyl (C=O) groups is 1. The van der Waals surface area contributed by atoms with E-state index in [0.717, 1.165) is 44.4 Å². The Hall–Kier alpha value is -4.24. The van der Waals surface area contributed by atoms with Crippen LogP contribution < -0.4 is 5.32 Å². The highest BCUT2D eigenvalue weighted by Gasteiger charge is 2.17. The number of hydrogen-bond acceptors (Lipinski definition) is 5. The molecule has 0 radical (unpaired) electrons. The fourth-order valence-corrected chi connectivity index (χ4v) is 5.95. The highest BCUT2D eigenvalue weighted by molar-refractivity contribution is 7.90. The van der Waals surface area contributed by atoms with Crippen LogP contribution in [-0.4, -0.2) is 35.4 Å². The lowest BCUT2D eigenvalue weighted by Crippen LogP contribution is -2.26. The van der Waals surface area contributed by atoms with Crippen molar-refractivity contribution in [1.29, 1.82) is 0 Å². The zero-order valence-corrected chi connectivity index (χ0v) is 24.8. The van der Waals surface area contributed by atoms with Gasteiger partial charge in [0, 0.05) is 40.5 Å². The first kappa shape index (κ1) is 29.3. The topological polar surface area (TPSA) is 109 Å². The molecule has 1 atom stereocenters. The van der Waals surface area contributed by atoms with Gasteiger partial charge in [0.25, 0.3) is 5.91 Å². The van der Waals surface area contributed by atoms with E-state index < -0.39 is 16.1 Å². The Balaban J connectivity index is 1.35. The van der Waals surface area contributed by atoms with E-state index in [-0.39, 0.29) is 16.8 Å². The SMILES string of the molecule is Cc1c(C)n(Cc2ccc(-c3ccccc3C(O)O)cc2)c2ccc(C(=O)NC(C)c3ccc(S(C)(=O)=O)cc3)cc12. The number of aliphatic hydroxyl groups is 2. The molecule has 0 bridgehead atoms. The molecule has 1 heterocycles. The van der Waals surface area contributed by atoms with E-state index in [9.17, 15) is 23.4 Å². The quantitative estimate of drug-likeness (QED) is 0.199. The summed E-state index contributed by atoms with van der Waals surface area (Å²) in [5, 5.41) is 23.5. The Labute approximate surface area is 246 Å². The highest BCUT2D eigenvalue weighted by Crippen LogP contribution is 2.30. The molecule has 5 rings (SSSR count). The summed E-state index contributed by atoms with van der Waals surface area (Å²) in [6.45, 7) is 6.65. The predicted molar refractivity (Wildman–Crippen MR) is 165 cm³/mol. The van der Waals surface area contributed by atoms with E-state index in [4.69, 9.17) is 0 Å². The second kappa shape index (κ2) is 11.6. The van der Waals surface area contributed by atoms with Gasteiger partial charge in [-0.3, -0.25) is 4.79 Å². The first-order valence-corrected chi connectivity index (χ1v) is 15.6. The first-order valence-electron chi connectivity index (χ1n) is 13.7. The van der Waals surface area contributed by atoms with Crippen LogP contribution in [0.2, 0.25) is 0 Å². The Morgan fingerprint density at radius 1 is 0.905 bits per heavy atom. The summed E-state index contributed by atoms with van der Waals surface area (Å²) in [7, 11) is -3.28. The van der Waals surface area contributed by atoms with E-state index in [1.165, 1.54) is 6.26 Å². The molecule has 3 N–H and O–H groups in total. The third-order valence-corrected chi connectivity index (χ3v) is 9.03. The van der Waals surface area contributed by atoms with Crippen molar-refractivity contribution in [3.05, 3.63) is 125 Å². The highest BCUT2D eigenvalue weighted by atomic mass is 32.2. The van der Waals surface area contributed by atoms with Crippen molar-refractivity contribution in [2.45, 2.75) is 44.5 Å². The molecule has 1 amide bonds. The number of fused-ring (bicyclic) bond motifs is 1. The molecule has 0 aliphatic heterocycles. The minimum Gasteiger partial charge on any atom is -0.364 e. The summed E-state index contributed by atoms with van der Waals surface area (Å²) in [6.07, 6.45) is -0.371. The lowest BCUT2D eigenvalue weighted by atomic mass is 9.98. The predicted octanol–water partition coefficient (Wildman–Crippen LogP) is 5.85. The minimum atomic E-state index is -3.28. The van der Waals surface area contributed by atoms with Crippen molar-refractivity contribution in [3.8, 4) is 11.1 Å². The van der Waals surface area contributed by atoms with Crippen LogP contribution in [-0.2, 0) is 16.4 Å². The summed E-state index contributed by atoms with van der Waals surface area (Å²) in [5.74, 6) is -0.203. The van der Waals surface area contributed by atoms with Gasteiger partial charge in [-0.05, 0) is 78.9 Å². The van der Waals surface area contributed by atoms with Crippen molar-refractivity contribution < 1.29 is 23.4 Å². The van der Waals surface area contributed by atoms with Crippen LogP contribution >= 0.6 is 0 Å². The maximum Gasteiger partial charge on any atom is 0.251 e. The maximum atomic E-state index is 13.2. The van der Waals surface area contributed by atoms with Crippen LogP contribution in [0.1, 0.15) is 57.6 Å². The van der Waals surface area contributed by atoms with Gasteiger partial charge in [0.15, 0.2) is 16.1 Å². The molecule has 5 aromatic rings. The number of rotatable bonds is 8. The third kappa shape index (κ3) is 5.87. The standard InChI is InChI=1S/C34H34N2O5S/c1-21-23(3)36(20-24-9-11-26(12-10-24)29-7-5-6-8-30(29)34(38)39)32-18-15-27(19-31(21)32)33(37)35-22(2)25-13-16-28(17-14-25)42(4,40)41/h5-19,22,34,38-39H,20H2,1-4H3,(H,35,37). The van der Waals surface area contributed by atoms with Gasteiger partial charge in [0.1, 0.15) is 0 Å².